The lowest BCUT2D eigenvalue weighted by Gasteiger charge is -2.32. The number of carbonyl (C=O) groups excluding carboxylic acids is 1. The van der Waals surface area contributed by atoms with Crippen molar-refractivity contribution in [3.8, 4) is 11.5 Å². The van der Waals surface area contributed by atoms with E-state index in [1.54, 1.807) is 6.07 Å². The van der Waals surface area contributed by atoms with E-state index in [1.807, 2.05) is 41.6 Å². The van der Waals surface area contributed by atoms with E-state index in [2.05, 4.69) is 15.6 Å². The predicted octanol–water partition coefficient (Wildman–Crippen LogP) is 3.32. The molecule has 1 aromatic heterocycles. The minimum Gasteiger partial charge on any atom is -0.454 e. The average molecular weight is 363 g/mol. The van der Waals surface area contributed by atoms with Gasteiger partial charge in [-0.25, -0.2) is 4.98 Å². The zero-order valence-corrected chi connectivity index (χ0v) is 15.0. The van der Waals surface area contributed by atoms with Gasteiger partial charge in [0.15, 0.2) is 11.5 Å². The molecule has 0 bridgehead atoms. The summed E-state index contributed by atoms with van der Waals surface area (Å²) in [5.41, 5.74) is 2.88. The van der Waals surface area contributed by atoms with E-state index < -0.39 is 0 Å². The summed E-state index contributed by atoms with van der Waals surface area (Å²) in [5.74, 6) is 1.99. The maximum Gasteiger partial charge on any atom is 0.253 e. The standard InChI is InChI=1S/C21H21N3O3/c25-21(16-5-6-19-20(11-16)27-14-26-19)23-9-7-15(8-10-23)12-24-13-22-17-3-1-2-4-18(17)24/h1-6,11,13,15H,7-10,12,14H2. The van der Waals surface area contributed by atoms with Crippen molar-refractivity contribution in [1.29, 1.82) is 0 Å². The van der Waals surface area contributed by atoms with E-state index in [0.29, 0.717) is 23.0 Å². The fraction of sp³-hybridized carbons (Fsp3) is 0.333. The Kier molecular flexibility index (Phi) is 3.96. The SMILES string of the molecule is O=C(c1ccc2c(c1)OCO2)N1CCC(Cn2cnc3ccccc32)CC1. The first kappa shape index (κ1) is 16.2. The van der Waals surface area contributed by atoms with Crippen LogP contribution in [-0.4, -0.2) is 40.2 Å². The van der Waals surface area contributed by atoms with Crippen molar-refractivity contribution in [2.75, 3.05) is 19.9 Å². The van der Waals surface area contributed by atoms with E-state index in [1.165, 1.54) is 5.52 Å². The second-order valence-corrected chi connectivity index (χ2v) is 7.19. The Hall–Kier alpha value is -3.02. The number of hydrogen-bond acceptors (Lipinski definition) is 4. The molecule has 0 saturated carbocycles. The first-order valence-electron chi connectivity index (χ1n) is 9.37. The van der Waals surface area contributed by atoms with E-state index >= 15 is 0 Å². The van der Waals surface area contributed by atoms with Gasteiger partial charge in [0.05, 0.1) is 17.4 Å². The molecule has 27 heavy (non-hydrogen) atoms. The van der Waals surface area contributed by atoms with Crippen LogP contribution in [0.1, 0.15) is 23.2 Å². The van der Waals surface area contributed by atoms with Crippen molar-refractivity contribution < 1.29 is 14.3 Å². The summed E-state index contributed by atoms with van der Waals surface area (Å²) in [4.78, 5) is 19.2. The molecule has 0 radical (unpaired) electrons. The molecule has 2 aliphatic rings. The van der Waals surface area contributed by atoms with E-state index in [4.69, 9.17) is 9.47 Å². The molecular formula is C21H21N3O3. The number of rotatable bonds is 3. The Balaban J connectivity index is 1.23. The first-order chi connectivity index (χ1) is 13.3. The summed E-state index contributed by atoms with van der Waals surface area (Å²) in [5, 5.41) is 0. The van der Waals surface area contributed by atoms with E-state index in [0.717, 1.165) is 38.0 Å². The Labute approximate surface area is 157 Å². The fourth-order valence-electron chi connectivity index (χ4n) is 3.96. The maximum atomic E-state index is 12.8. The quantitative estimate of drug-likeness (QED) is 0.716. The van der Waals surface area contributed by atoms with Gasteiger partial charge in [-0.15, -0.1) is 0 Å². The van der Waals surface area contributed by atoms with Crippen molar-refractivity contribution in [3.63, 3.8) is 0 Å². The Morgan fingerprint density at radius 1 is 1.07 bits per heavy atom. The number of ether oxygens (including phenoxy) is 2. The van der Waals surface area contributed by atoms with Gasteiger partial charge in [-0.2, -0.15) is 0 Å². The third-order valence-electron chi connectivity index (χ3n) is 5.50. The first-order valence-corrected chi connectivity index (χ1v) is 9.37. The van der Waals surface area contributed by atoms with Crippen LogP contribution in [0.2, 0.25) is 0 Å². The van der Waals surface area contributed by atoms with Gasteiger partial charge in [-0.3, -0.25) is 4.79 Å². The molecule has 2 aliphatic heterocycles. The topological polar surface area (TPSA) is 56.6 Å². The number of aromatic nitrogens is 2. The van der Waals surface area contributed by atoms with E-state index in [-0.39, 0.29) is 12.7 Å². The lowest BCUT2D eigenvalue weighted by atomic mass is 9.96. The lowest BCUT2D eigenvalue weighted by molar-refractivity contribution is 0.0683. The third-order valence-corrected chi connectivity index (χ3v) is 5.50. The molecule has 0 aliphatic carbocycles. The third kappa shape index (κ3) is 3.01. The van der Waals surface area contributed by atoms with Gasteiger partial charge in [0, 0.05) is 25.2 Å². The number of piperidine rings is 1. The van der Waals surface area contributed by atoms with Gasteiger partial charge < -0.3 is 18.9 Å². The number of nitrogens with zero attached hydrogens (tertiary/aromatic N) is 3. The summed E-state index contributed by atoms with van der Waals surface area (Å²) in [6.45, 7) is 2.74. The number of fused-ring (bicyclic) bond motifs is 2. The van der Waals surface area contributed by atoms with E-state index in [9.17, 15) is 4.79 Å². The second kappa shape index (κ2) is 6.61. The Morgan fingerprint density at radius 3 is 2.78 bits per heavy atom. The second-order valence-electron chi connectivity index (χ2n) is 7.19. The van der Waals surface area contributed by atoms with Crippen LogP contribution in [0.3, 0.4) is 0 Å². The van der Waals surface area contributed by atoms with Crippen molar-refractivity contribution in [2.45, 2.75) is 19.4 Å². The number of benzene rings is 2. The molecule has 0 N–H and O–H groups in total. The van der Waals surface area contributed by atoms with Crippen LogP contribution in [0.15, 0.2) is 48.8 Å². The normalized spacial score (nSPS) is 16.8. The lowest BCUT2D eigenvalue weighted by Crippen LogP contribution is -2.39. The van der Waals surface area contributed by atoms with Gasteiger partial charge in [0.2, 0.25) is 6.79 Å². The molecule has 3 heterocycles. The number of amides is 1. The Morgan fingerprint density at radius 2 is 1.89 bits per heavy atom. The van der Waals surface area contributed by atoms with Crippen molar-refractivity contribution in [1.82, 2.24) is 14.5 Å². The minimum atomic E-state index is 0.0693. The summed E-state index contributed by atoms with van der Waals surface area (Å²) < 4.78 is 12.9. The van der Waals surface area contributed by atoms with Crippen LogP contribution in [0.5, 0.6) is 11.5 Å². The highest BCUT2D eigenvalue weighted by Gasteiger charge is 2.25. The molecule has 1 fully saturated rings. The molecule has 1 saturated heterocycles. The van der Waals surface area contributed by atoms with Crippen LogP contribution < -0.4 is 9.47 Å². The number of para-hydroxylation sites is 2. The van der Waals surface area contributed by atoms with Gasteiger partial charge in [0.25, 0.3) is 5.91 Å². The Bertz CT molecular complexity index is 989. The average Bonchev–Trinajstić information content (AvgIpc) is 3.35. The molecule has 6 nitrogen and oxygen atoms in total. The minimum absolute atomic E-state index is 0.0693. The number of carbonyl (C=O) groups is 1. The highest BCUT2D eigenvalue weighted by molar-refractivity contribution is 5.95. The number of likely N-dealkylation sites (tertiary alicyclic amines) is 1. The summed E-state index contributed by atoms with van der Waals surface area (Å²) >= 11 is 0. The van der Waals surface area contributed by atoms with Crippen LogP contribution in [0.4, 0.5) is 0 Å². The molecule has 1 amide bonds. The smallest absolute Gasteiger partial charge is 0.253 e. The monoisotopic (exact) mass is 363 g/mol. The van der Waals surface area contributed by atoms with Crippen molar-refractivity contribution in [3.05, 3.63) is 54.4 Å². The number of hydrogen-bond donors (Lipinski definition) is 0. The van der Waals surface area contributed by atoms with Crippen LogP contribution in [-0.2, 0) is 6.54 Å². The van der Waals surface area contributed by atoms with Crippen LogP contribution in [0, 0.1) is 5.92 Å². The van der Waals surface area contributed by atoms with Gasteiger partial charge in [-0.1, -0.05) is 12.1 Å². The molecule has 5 rings (SSSR count). The molecule has 3 aromatic rings. The van der Waals surface area contributed by atoms with Gasteiger partial charge in [-0.05, 0) is 49.1 Å². The highest BCUT2D eigenvalue weighted by atomic mass is 16.7. The summed E-state index contributed by atoms with van der Waals surface area (Å²) in [6.07, 6.45) is 3.93. The zero-order valence-electron chi connectivity index (χ0n) is 15.0. The molecule has 0 spiro atoms. The van der Waals surface area contributed by atoms with Crippen LogP contribution in [0.25, 0.3) is 11.0 Å². The fourth-order valence-corrected chi connectivity index (χ4v) is 3.96. The van der Waals surface area contributed by atoms with Crippen LogP contribution >= 0.6 is 0 Å². The number of imidazole rings is 1. The summed E-state index contributed by atoms with van der Waals surface area (Å²) in [6, 6.07) is 13.6. The molecular weight excluding hydrogens is 342 g/mol. The predicted molar refractivity (Wildman–Crippen MR) is 101 cm³/mol. The largest absolute Gasteiger partial charge is 0.454 e. The summed E-state index contributed by atoms with van der Waals surface area (Å²) in [7, 11) is 0. The van der Waals surface area contributed by atoms with Crippen molar-refractivity contribution >= 4 is 16.9 Å². The van der Waals surface area contributed by atoms with Crippen molar-refractivity contribution in [2.24, 2.45) is 5.92 Å². The highest BCUT2D eigenvalue weighted by Crippen LogP contribution is 2.33. The maximum absolute atomic E-state index is 12.8. The van der Waals surface area contributed by atoms with Gasteiger partial charge in [0.1, 0.15) is 0 Å². The molecule has 138 valence electrons. The molecule has 0 atom stereocenters. The zero-order chi connectivity index (χ0) is 18.2. The van der Waals surface area contributed by atoms with Gasteiger partial charge >= 0.3 is 0 Å². The molecule has 0 unspecified atom stereocenters. The molecule has 2 aromatic carbocycles. The molecule has 6 heteroatoms.